The Bertz CT molecular complexity index is 468. The summed E-state index contributed by atoms with van der Waals surface area (Å²) < 4.78 is 0. The Morgan fingerprint density at radius 2 is 2.07 bits per heavy atom. The maximum atomic E-state index is 5.78. The molecule has 0 bridgehead atoms. The van der Waals surface area contributed by atoms with Crippen LogP contribution in [0.1, 0.15) is 26.6 Å². The van der Waals surface area contributed by atoms with Crippen molar-refractivity contribution in [2.75, 3.05) is 0 Å². The molecule has 0 saturated heterocycles. The fourth-order valence-corrected chi connectivity index (χ4v) is 1.39. The highest BCUT2D eigenvalue weighted by atomic mass is 35.5. The van der Waals surface area contributed by atoms with Gasteiger partial charge in [0.05, 0.1) is 17.2 Å². The molecule has 0 amide bonds. The lowest BCUT2D eigenvalue weighted by molar-refractivity contribution is 0.554. The molecule has 4 heteroatoms. The molecule has 0 aromatic carbocycles. The van der Waals surface area contributed by atoms with Gasteiger partial charge in [0.25, 0.3) is 0 Å². The molecule has 0 aliphatic heterocycles. The molecule has 0 aliphatic carbocycles. The first kappa shape index (κ1) is 9.46. The van der Waals surface area contributed by atoms with Crippen molar-refractivity contribution in [3.63, 3.8) is 0 Å². The van der Waals surface area contributed by atoms with E-state index in [4.69, 9.17) is 11.6 Å². The number of hydrogen-bond donors (Lipinski definition) is 1. The molecule has 3 nitrogen and oxygen atoms in total. The lowest BCUT2D eigenvalue weighted by atomic mass is 9.96. The molecule has 0 unspecified atom stereocenters. The molecule has 0 spiro atoms. The van der Waals surface area contributed by atoms with Crippen molar-refractivity contribution < 1.29 is 0 Å². The number of nitrogens with zero attached hydrogens (tertiary/aromatic N) is 2. The molecule has 1 N–H and O–H groups in total. The minimum Gasteiger partial charge on any atom is -0.340 e. The zero-order chi connectivity index (χ0) is 10.3. The fraction of sp³-hybridized carbons (Fsp3) is 0.400. The van der Waals surface area contributed by atoms with Gasteiger partial charge in [0.15, 0.2) is 0 Å². The summed E-state index contributed by atoms with van der Waals surface area (Å²) in [6, 6.07) is 1.77. The van der Waals surface area contributed by atoms with Gasteiger partial charge in [0.1, 0.15) is 11.0 Å². The summed E-state index contributed by atoms with van der Waals surface area (Å²) in [5.74, 6) is 0.955. The Hall–Kier alpha value is -1.09. The van der Waals surface area contributed by atoms with Crippen LogP contribution in [0, 0.1) is 0 Å². The summed E-state index contributed by atoms with van der Waals surface area (Å²) >= 11 is 5.78. The van der Waals surface area contributed by atoms with Crippen LogP contribution in [0.5, 0.6) is 0 Å². The summed E-state index contributed by atoms with van der Waals surface area (Å²) in [5.41, 5.74) is 1.82. The maximum Gasteiger partial charge on any atom is 0.131 e. The van der Waals surface area contributed by atoms with E-state index in [1.54, 1.807) is 12.3 Å². The van der Waals surface area contributed by atoms with Crippen molar-refractivity contribution in [2.24, 2.45) is 0 Å². The van der Waals surface area contributed by atoms with Crippen molar-refractivity contribution >= 4 is 22.6 Å². The number of nitrogens with one attached hydrogen (secondary N) is 1. The highest BCUT2D eigenvalue weighted by molar-refractivity contribution is 6.29. The molecular formula is C10H12ClN3. The zero-order valence-corrected chi connectivity index (χ0v) is 9.18. The lowest BCUT2D eigenvalue weighted by Crippen LogP contribution is -2.12. The average Bonchev–Trinajstić information content (AvgIpc) is 2.45. The highest BCUT2D eigenvalue weighted by Crippen LogP contribution is 2.22. The first-order valence-electron chi connectivity index (χ1n) is 4.48. The van der Waals surface area contributed by atoms with Crippen molar-refractivity contribution in [3.8, 4) is 0 Å². The van der Waals surface area contributed by atoms with Gasteiger partial charge in [-0.05, 0) is 0 Å². The molecule has 14 heavy (non-hydrogen) atoms. The van der Waals surface area contributed by atoms with Crippen molar-refractivity contribution in [3.05, 3.63) is 23.2 Å². The number of imidazole rings is 1. The molecule has 0 aliphatic rings. The van der Waals surface area contributed by atoms with Crippen LogP contribution in [0.25, 0.3) is 11.0 Å². The number of pyridine rings is 1. The Kier molecular flexibility index (Phi) is 2.00. The van der Waals surface area contributed by atoms with Gasteiger partial charge in [0.2, 0.25) is 0 Å². The minimum atomic E-state index is 0.0193. The molecular weight excluding hydrogens is 198 g/mol. The quantitative estimate of drug-likeness (QED) is 0.678. The van der Waals surface area contributed by atoms with Crippen LogP contribution >= 0.6 is 11.6 Å². The van der Waals surface area contributed by atoms with Gasteiger partial charge in [-0.1, -0.05) is 32.4 Å². The number of rotatable bonds is 0. The lowest BCUT2D eigenvalue weighted by Gasteiger charge is -2.13. The van der Waals surface area contributed by atoms with E-state index in [0.29, 0.717) is 5.15 Å². The predicted octanol–water partition coefficient (Wildman–Crippen LogP) is 2.91. The van der Waals surface area contributed by atoms with E-state index < -0.39 is 0 Å². The van der Waals surface area contributed by atoms with Gasteiger partial charge in [-0.15, -0.1) is 0 Å². The van der Waals surface area contributed by atoms with Crippen LogP contribution in [-0.2, 0) is 5.41 Å². The molecule has 2 aromatic rings. The molecule has 0 saturated carbocycles. The molecule has 0 fully saturated rings. The van der Waals surface area contributed by atoms with Gasteiger partial charge in [-0.25, -0.2) is 9.97 Å². The van der Waals surface area contributed by atoms with E-state index in [1.807, 2.05) is 0 Å². The molecule has 2 aromatic heterocycles. The Balaban J connectivity index is 2.63. The minimum absolute atomic E-state index is 0.0193. The molecule has 2 rings (SSSR count). The van der Waals surface area contributed by atoms with Crippen LogP contribution in [0.4, 0.5) is 0 Å². The van der Waals surface area contributed by atoms with E-state index in [2.05, 4.69) is 35.7 Å². The number of fused-ring (bicyclic) bond motifs is 1. The van der Waals surface area contributed by atoms with Crippen molar-refractivity contribution in [1.82, 2.24) is 15.0 Å². The van der Waals surface area contributed by atoms with E-state index in [9.17, 15) is 0 Å². The molecule has 74 valence electrons. The van der Waals surface area contributed by atoms with Crippen LogP contribution < -0.4 is 0 Å². The summed E-state index contributed by atoms with van der Waals surface area (Å²) in [6.45, 7) is 6.33. The van der Waals surface area contributed by atoms with Gasteiger partial charge < -0.3 is 4.98 Å². The van der Waals surface area contributed by atoms with Gasteiger partial charge >= 0.3 is 0 Å². The number of H-pyrrole nitrogens is 1. The third-order valence-electron chi connectivity index (χ3n) is 2.04. The predicted molar refractivity (Wildman–Crippen MR) is 57.6 cm³/mol. The van der Waals surface area contributed by atoms with Gasteiger partial charge in [-0.3, -0.25) is 0 Å². The van der Waals surface area contributed by atoms with Crippen LogP contribution in [0.2, 0.25) is 5.15 Å². The largest absolute Gasteiger partial charge is 0.340 e. The maximum absolute atomic E-state index is 5.78. The second-order valence-electron chi connectivity index (χ2n) is 4.36. The number of aromatic nitrogens is 3. The zero-order valence-electron chi connectivity index (χ0n) is 8.43. The second kappa shape index (κ2) is 2.95. The molecule has 0 atom stereocenters. The summed E-state index contributed by atoms with van der Waals surface area (Å²) in [7, 11) is 0. The van der Waals surface area contributed by atoms with E-state index in [-0.39, 0.29) is 5.41 Å². The van der Waals surface area contributed by atoms with E-state index in [0.717, 1.165) is 16.9 Å². The van der Waals surface area contributed by atoms with E-state index in [1.165, 1.54) is 0 Å². The summed E-state index contributed by atoms with van der Waals surface area (Å²) in [5, 5.41) is 0.476. The normalized spacial score (nSPS) is 12.3. The SMILES string of the molecule is CC(C)(C)c1nc2cc(Cl)ncc2[nH]1. The second-order valence-corrected chi connectivity index (χ2v) is 4.75. The average molecular weight is 210 g/mol. The van der Waals surface area contributed by atoms with Gasteiger partial charge in [-0.2, -0.15) is 0 Å². The highest BCUT2D eigenvalue weighted by Gasteiger charge is 2.18. The van der Waals surface area contributed by atoms with Crippen molar-refractivity contribution in [2.45, 2.75) is 26.2 Å². The van der Waals surface area contributed by atoms with Crippen LogP contribution in [0.15, 0.2) is 12.3 Å². The molecule has 0 radical (unpaired) electrons. The third-order valence-corrected chi connectivity index (χ3v) is 2.25. The monoisotopic (exact) mass is 209 g/mol. The number of aromatic amines is 1. The van der Waals surface area contributed by atoms with Crippen molar-refractivity contribution in [1.29, 1.82) is 0 Å². The smallest absolute Gasteiger partial charge is 0.131 e. The standard InChI is InChI=1S/C10H12ClN3/c1-10(2,3)9-13-6-4-8(11)12-5-7(6)14-9/h4-5H,1-3H3,(H,13,14). The Labute approximate surface area is 87.5 Å². The molecule has 2 heterocycles. The summed E-state index contributed by atoms with van der Waals surface area (Å²) in [4.78, 5) is 11.7. The van der Waals surface area contributed by atoms with Crippen LogP contribution in [0.3, 0.4) is 0 Å². The van der Waals surface area contributed by atoms with Gasteiger partial charge in [0, 0.05) is 11.5 Å². The third kappa shape index (κ3) is 1.60. The first-order valence-corrected chi connectivity index (χ1v) is 4.86. The van der Waals surface area contributed by atoms with E-state index >= 15 is 0 Å². The van der Waals surface area contributed by atoms with Crippen LogP contribution in [-0.4, -0.2) is 15.0 Å². The Morgan fingerprint density at radius 1 is 1.36 bits per heavy atom. The summed E-state index contributed by atoms with van der Waals surface area (Å²) in [6.07, 6.45) is 1.71. The fourth-order valence-electron chi connectivity index (χ4n) is 1.24. The number of halogens is 1. The Morgan fingerprint density at radius 3 is 2.71 bits per heavy atom. The first-order chi connectivity index (χ1) is 6.47. The number of hydrogen-bond acceptors (Lipinski definition) is 2. The topological polar surface area (TPSA) is 41.6 Å².